The fourth-order valence-electron chi connectivity index (χ4n) is 2.02. The molecule has 0 unspecified atom stereocenters. The molecule has 23 heavy (non-hydrogen) atoms. The number of carbonyl (C=O) groups is 1. The minimum absolute atomic E-state index is 0.219. The average Bonchev–Trinajstić information content (AvgIpc) is 2.54. The van der Waals surface area contributed by atoms with E-state index in [1.54, 1.807) is 18.2 Å². The Bertz CT molecular complexity index is 658. The first-order valence-corrected chi connectivity index (χ1v) is 8.08. The normalized spacial score (nSPS) is 10.4. The highest BCUT2D eigenvalue weighted by Gasteiger charge is 2.10. The van der Waals surface area contributed by atoms with Crippen LogP contribution in [0.1, 0.15) is 41.5 Å². The molecule has 0 saturated heterocycles. The van der Waals surface area contributed by atoms with Crippen LogP contribution < -0.4 is 10.6 Å². The number of aromatic nitrogens is 2. The number of carbonyl (C=O) groups excluding carboxylic acids is 1. The summed E-state index contributed by atoms with van der Waals surface area (Å²) in [7, 11) is 0. The summed E-state index contributed by atoms with van der Waals surface area (Å²) in [5, 5.41) is 6.68. The van der Waals surface area contributed by atoms with Crippen molar-refractivity contribution in [2.45, 2.75) is 33.2 Å². The number of benzene rings is 1. The Balaban J connectivity index is 1.99. The summed E-state index contributed by atoms with van der Waals surface area (Å²) < 4.78 is 0. The lowest BCUT2D eigenvalue weighted by Gasteiger charge is -2.09. The molecule has 5 nitrogen and oxygen atoms in total. The van der Waals surface area contributed by atoms with E-state index in [9.17, 15) is 4.79 Å². The van der Waals surface area contributed by atoms with Gasteiger partial charge in [-0.25, -0.2) is 9.97 Å². The summed E-state index contributed by atoms with van der Waals surface area (Å²) in [6, 6.07) is 9.04. The number of nitrogens with zero attached hydrogens (tertiary/aromatic N) is 2. The van der Waals surface area contributed by atoms with Crippen molar-refractivity contribution in [3.63, 3.8) is 0 Å². The number of aryl methyl sites for hydroxylation is 1. The predicted octanol–water partition coefficient (Wildman–Crippen LogP) is 3.58. The Hall–Kier alpha value is -2.14. The molecule has 0 bridgehead atoms. The molecule has 1 heterocycles. The third-order valence-corrected chi connectivity index (χ3v) is 3.52. The Morgan fingerprint density at radius 3 is 2.65 bits per heavy atom. The molecule has 2 rings (SSSR count). The molecule has 0 radical (unpaired) electrons. The molecule has 2 aromatic rings. The molecule has 122 valence electrons. The van der Waals surface area contributed by atoms with Crippen molar-refractivity contribution in [3.8, 4) is 0 Å². The summed E-state index contributed by atoms with van der Waals surface area (Å²) in [5.41, 5.74) is 2.11. The van der Waals surface area contributed by atoms with Gasteiger partial charge in [0.15, 0.2) is 0 Å². The zero-order valence-electron chi connectivity index (χ0n) is 13.4. The number of hydrogen-bond acceptors (Lipinski definition) is 4. The van der Waals surface area contributed by atoms with Gasteiger partial charge in [-0.2, -0.15) is 0 Å². The third-order valence-electron chi connectivity index (χ3n) is 3.27. The predicted molar refractivity (Wildman–Crippen MR) is 92.8 cm³/mol. The van der Waals surface area contributed by atoms with Gasteiger partial charge in [0.1, 0.15) is 5.69 Å². The number of amides is 1. The zero-order valence-corrected chi connectivity index (χ0v) is 14.2. The molecule has 0 spiro atoms. The SMILES string of the molecule is CCCCNc1nc(C)cc(C(=O)NCc2ccc(Cl)cc2)n1. The van der Waals surface area contributed by atoms with E-state index in [2.05, 4.69) is 27.5 Å². The largest absolute Gasteiger partial charge is 0.354 e. The van der Waals surface area contributed by atoms with E-state index in [0.717, 1.165) is 30.6 Å². The van der Waals surface area contributed by atoms with Crippen LogP contribution in [0.4, 0.5) is 5.95 Å². The lowest BCUT2D eigenvalue weighted by molar-refractivity contribution is 0.0945. The van der Waals surface area contributed by atoms with Crippen LogP contribution in [0.25, 0.3) is 0 Å². The average molecular weight is 333 g/mol. The van der Waals surface area contributed by atoms with Crippen molar-refractivity contribution in [2.24, 2.45) is 0 Å². The maximum absolute atomic E-state index is 12.3. The quantitative estimate of drug-likeness (QED) is 0.760. The standard InChI is InChI=1S/C17H21ClN4O/c1-3-4-9-19-17-21-12(2)10-15(22-17)16(23)20-11-13-5-7-14(18)8-6-13/h5-8,10H,3-4,9,11H2,1-2H3,(H,20,23)(H,19,21,22). The van der Waals surface area contributed by atoms with E-state index >= 15 is 0 Å². The van der Waals surface area contributed by atoms with Crippen molar-refractivity contribution in [1.29, 1.82) is 0 Å². The molecule has 0 atom stereocenters. The monoisotopic (exact) mass is 332 g/mol. The highest BCUT2D eigenvalue weighted by atomic mass is 35.5. The number of rotatable bonds is 7. The summed E-state index contributed by atoms with van der Waals surface area (Å²) in [6.07, 6.45) is 2.13. The summed E-state index contributed by atoms with van der Waals surface area (Å²) in [5.74, 6) is 0.277. The maximum Gasteiger partial charge on any atom is 0.270 e. The molecule has 0 fully saturated rings. The number of hydrogen-bond donors (Lipinski definition) is 2. The second kappa shape index (κ2) is 8.48. The van der Waals surface area contributed by atoms with Gasteiger partial charge in [-0.1, -0.05) is 37.1 Å². The molecule has 0 aliphatic carbocycles. The van der Waals surface area contributed by atoms with Gasteiger partial charge in [0, 0.05) is 23.8 Å². The fraction of sp³-hybridized carbons (Fsp3) is 0.353. The van der Waals surface area contributed by atoms with Gasteiger partial charge >= 0.3 is 0 Å². The number of unbranched alkanes of at least 4 members (excludes halogenated alkanes) is 1. The van der Waals surface area contributed by atoms with Gasteiger partial charge in [-0.15, -0.1) is 0 Å². The molecule has 6 heteroatoms. The highest BCUT2D eigenvalue weighted by Crippen LogP contribution is 2.10. The Labute approximate surface area is 141 Å². The van der Waals surface area contributed by atoms with E-state index in [0.29, 0.717) is 23.2 Å². The van der Waals surface area contributed by atoms with E-state index < -0.39 is 0 Å². The molecule has 1 aromatic carbocycles. The van der Waals surface area contributed by atoms with Gasteiger partial charge in [0.05, 0.1) is 0 Å². The van der Waals surface area contributed by atoms with Crippen molar-refractivity contribution in [3.05, 3.63) is 52.3 Å². The van der Waals surface area contributed by atoms with Crippen LogP contribution in [0.15, 0.2) is 30.3 Å². The first-order valence-electron chi connectivity index (χ1n) is 7.70. The van der Waals surface area contributed by atoms with Gasteiger partial charge in [-0.3, -0.25) is 4.79 Å². The number of nitrogens with one attached hydrogen (secondary N) is 2. The second-order valence-corrected chi connectivity index (χ2v) is 5.74. The van der Waals surface area contributed by atoms with Crippen LogP contribution in [-0.2, 0) is 6.54 Å². The fourth-order valence-corrected chi connectivity index (χ4v) is 2.14. The van der Waals surface area contributed by atoms with Crippen molar-refractivity contribution in [1.82, 2.24) is 15.3 Å². The van der Waals surface area contributed by atoms with Crippen molar-refractivity contribution >= 4 is 23.5 Å². The van der Waals surface area contributed by atoms with Gasteiger partial charge in [-0.05, 0) is 37.1 Å². The Kier molecular flexibility index (Phi) is 6.35. The first-order chi connectivity index (χ1) is 11.1. The van der Waals surface area contributed by atoms with E-state index in [-0.39, 0.29) is 5.91 Å². The maximum atomic E-state index is 12.3. The molecule has 1 aromatic heterocycles. The van der Waals surface area contributed by atoms with E-state index in [4.69, 9.17) is 11.6 Å². The highest BCUT2D eigenvalue weighted by molar-refractivity contribution is 6.30. The van der Waals surface area contributed by atoms with E-state index in [1.807, 2.05) is 19.1 Å². The molecule has 0 aliphatic rings. The minimum Gasteiger partial charge on any atom is -0.354 e. The number of halogens is 1. The second-order valence-electron chi connectivity index (χ2n) is 5.31. The topological polar surface area (TPSA) is 66.9 Å². The molecule has 2 N–H and O–H groups in total. The van der Waals surface area contributed by atoms with Crippen LogP contribution >= 0.6 is 11.6 Å². The van der Waals surface area contributed by atoms with Gasteiger partial charge < -0.3 is 10.6 Å². The van der Waals surface area contributed by atoms with Crippen LogP contribution in [0.5, 0.6) is 0 Å². The van der Waals surface area contributed by atoms with Crippen LogP contribution in [0.3, 0.4) is 0 Å². The first kappa shape index (κ1) is 17.2. The molecular weight excluding hydrogens is 312 g/mol. The minimum atomic E-state index is -0.219. The zero-order chi connectivity index (χ0) is 16.7. The molecule has 0 saturated carbocycles. The Morgan fingerprint density at radius 1 is 1.22 bits per heavy atom. The molecule has 0 aliphatic heterocycles. The molecule has 1 amide bonds. The lowest BCUT2D eigenvalue weighted by atomic mass is 10.2. The Morgan fingerprint density at radius 2 is 1.96 bits per heavy atom. The van der Waals surface area contributed by atoms with E-state index in [1.165, 1.54) is 0 Å². The summed E-state index contributed by atoms with van der Waals surface area (Å²) in [4.78, 5) is 20.8. The summed E-state index contributed by atoms with van der Waals surface area (Å²) >= 11 is 5.85. The number of anilines is 1. The third kappa shape index (κ3) is 5.53. The van der Waals surface area contributed by atoms with Gasteiger partial charge in [0.25, 0.3) is 5.91 Å². The molecular formula is C17H21ClN4O. The van der Waals surface area contributed by atoms with Crippen molar-refractivity contribution < 1.29 is 4.79 Å². The van der Waals surface area contributed by atoms with Crippen LogP contribution in [0.2, 0.25) is 5.02 Å². The van der Waals surface area contributed by atoms with Crippen molar-refractivity contribution in [2.75, 3.05) is 11.9 Å². The van der Waals surface area contributed by atoms with Gasteiger partial charge in [0.2, 0.25) is 5.95 Å². The smallest absolute Gasteiger partial charge is 0.270 e. The van der Waals surface area contributed by atoms with Crippen LogP contribution in [-0.4, -0.2) is 22.4 Å². The lowest BCUT2D eigenvalue weighted by Crippen LogP contribution is -2.24. The van der Waals surface area contributed by atoms with Crippen LogP contribution in [0, 0.1) is 6.92 Å². The summed E-state index contributed by atoms with van der Waals surface area (Å²) in [6.45, 7) is 5.19.